The van der Waals surface area contributed by atoms with Gasteiger partial charge in [0.25, 0.3) is 0 Å². The van der Waals surface area contributed by atoms with Gasteiger partial charge in [0.1, 0.15) is 5.75 Å². The molecule has 2 aromatic carbocycles. The molecule has 2 N–H and O–H groups in total. The van der Waals surface area contributed by atoms with Crippen LogP contribution in [0.4, 0.5) is 0 Å². The molecule has 0 unspecified atom stereocenters. The van der Waals surface area contributed by atoms with Gasteiger partial charge in [-0.25, -0.2) is 9.59 Å². The van der Waals surface area contributed by atoms with Crippen LogP contribution in [-0.4, -0.2) is 28.8 Å². The zero-order valence-corrected chi connectivity index (χ0v) is 14.2. The highest BCUT2D eigenvalue weighted by molar-refractivity contribution is 5.89. The first kappa shape index (κ1) is 21.5. The van der Waals surface area contributed by atoms with Gasteiger partial charge >= 0.3 is 11.9 Å². The van der Waals surface area contributed by atoms with E-state index in [1.807, 2.05) is 6.92 Å². The Balaban J connectivity index is 0.000000460. The lowest BCUT2D eigenvalue weighted by molar-refractivity contribution is 0.0499. The molecule has 0 aliphatic heterocycles. The molecule has 130 valence electrons. The Hall–Kier alpha value is -2.53. The number of carbonyl (C=O) groups excluding carboxylic acids is 1. The van der Waals surface area contributed by atoms with E-state index in [1.165, 1.54) is 12.1 Å². The Morgan fingerprint density at radius 1 is 0.958 bits per heavy atom. The fraction of sp³-hybridized carbons (Fsp3) is 0.222. The summed E-state index contributed by atoms with van der Waals surface area (Å²) in [4.78, 5) is 21.5. The van der Waals surface area contributed by atoms with Crippen LogP contribution in [0.5, 0.6) is 5.75 Å². The number of hydrogen-bond donors (Lipinski definition) is 2. The lowest BCUT2D eigenvalue weighted by atomic mass is 10.2. The van der Waals surface area contributed by atoms with Crippen LogP contribution in [-0.2, 0) is 4.74 Å². The Labute approximate surface area is 147 Å². The Bertz CT molecular complexity index is 611. The van der Waals surface area contributed by atoms with Gasteiger partial charge in [-0.05, 0) is 42.8 Å². The minimum atomic E-state index is -0.879. The molecule has 5 nitrogen and oxygen atoms in total. The molecule has 0 atom stereocenters. The maximum Gasteiger partial charge on any atom is 0.338 e. The second-order valence-electron chi connectivity index (χ2n) is 4.71. The van der Waals surface area contributed by atoms with Crippen molar-refractivity contribution in [3.05, 3.63) is 65.7 Å². The van der Waals surface area contributed by atoms with E-state index in [-0.39, 0.29) is 24.1 Å². The number of aromatic carboxylic acids is 1. The average molecular weight is 353 g/mol. The SMILES string of the molecule is CCCCOC(=O)c1ccc(O)cc1.Cl.O=C(O)c1ccccc1. The standard InChI is InChI=1S/C11H14O3.C7H6O2.ClH/c1-2-3-8-14-11(13)9-4-6-10(12)7-5-9;8-7(9)6-4-2-1-3-5-6;/h4-7,12H,2-3,8H2,1H3;1-5H,(H,8,9);1H. The molecule has 0 fully saturated rings. The summed E-state index contributed by atoms with van der Waals surface area (Å²) in [5.41, 5.74) is 0.802. The van der Waals surface area contributed by atoms with Crippen LogP contribution in [0.2, 0.25) is 0 Å². The van der Waals surface area contributed by atoms with Crippen molar-refractivity contribution in [3.8, 4) is 5.75 Å². The third kappa shape index (κ3) is 8.19. The molecule has 24 heavy (non-hydrogen) atoms. The highest BCUT2D eigenvalue weighted by Crippen LogP contribution is 2.10. The van der Waals surface area contributed by atoms with E-state index in [4.69, 9.17) is 14.9 Å². The zero-order chi connectivity index (χ0) is 17.1. The summed E-state index contributed by atoms with van der Waals surface area (Å²) in [5, 5.41) is 17.4. The highest BCUT2D eigenvalue weighted by Gasteiger charge is 2.05. The van der Waals surface area contributed by atoms with Gasteiger partial charge in [-0.2, -0.15) is 0 Å². The zero-order valence-electron chi connectivity index (χ0n) is 13.3. The first-order valence-corrected chi connectivity index (χ1v) is 7.29. The second kappa shape index (κ2) is 12.0. The van der Waals surface area contributed by atoms with Crippen LogP contribution in [0.1, 0.15) is 40.5 Å². The fourth-order valence-electron chi connectivity index (χ4n) is 1.57. The summed E-state index contributed by atoms with van der Waals surface area (Å²) in [7, 11) is 0. The molecule has 0 amide bonds. The number of carbonyl (C=O) groups is 2. The van der Waals surface area contributed by atoms with Crippen molar-refractivity contribution in [3.63, 3.8) is 0 Å². The van der Waals surface area contributed by atoms with Crippen LogP contribution >= 0.6 is 12.4 Å². The molecular weight excluding hydrogens is 332 g/mol. The minimum absolute atomic E-state index is 0. The summed E-state index contributed by atoms with van der Waals surface area (Å²) < 4.78 is 4.99. The lowest BCUT2D eigenvalue weighted by Crippen LogP contribution is -2.05. The highest BCUT2D eigenvalue weighted by atomic mass is 35.5. The van der Waals surface area contributed by atoms with Crippen LogP contribution < -0.4 is 0 Å². The number of benzene rings is 2. The van der Waals surface area contributed by atoms with Crippen molar-refractivity contribution < 1.29 is 24.5 Å². The van der Waals surface area contributed by atoms with Gasteiger partial charge in [0.2, 0.25) is 0 Å². The number of hydrogen-bond acceptors (Lipinski definition) is 4. The maximum atomic E-state index is 11.3. The summed E-state index contributed by atoms with van der Waals surface area (Å²) in [6.07, 6.45) is 1.88. The predicted molar refractivity (Wildman–Crippen MR) is 93.9 cm³/mol. The van der Waals surface area contributed by atoms with E-state index in [1.54, 1.807) is 42.5 Å². The van der Waals surface area contributed by atoms with Crippen LogP contribution in [0.25, 0.3) is 0 Å². The minimum Gasteiger partial charge on any atom is -0.508 e. The molecule has 2 rings (SSSR count). The Morgan fingerprint density at radius 3 is 2.00 bits per heavy atom. The van der Waals surface area contributed by atoms with Gasteiger partial charge in [0, 0.05) is 0 Å². The van der Waals surface area contributed by atoms with Gasteiger partial charge in [-0.3, -0.25) is 0 Å². The predicted octanol–water partition coefficient (Wildman–Crippen LogP) is 4.16. The maximum absolute atomic E-state index is 11.3. The fourth-order valence-corrected chi connectivity index (χ4v) is 1.57. The van der Waals surface area contributed by atoms with E-state index in [9.17, 15) is 9.59 Å². The van der Waals surface area contributed by atoms with Crippen LogP contribution in [0.3, 0.4) is 0 Å². The van der Waals surface area contributed by atoms with Crippen molar-refractivity contribution in [2.75, 3.05) is 6.61 Å². The van der Waals surface area contributed by atoms with E-state index in [2.05, 4.69) is 0 Å². The largest absolute Gasteiger partial charge is 0.508 e. The first-order valence-electron chi connectivity index (χ1n) is 7.29. The van der Waals surface area contributed by atoms with Gasteiger partial charge < -0.3 is 14.9 Å². The molecule has 0 radical (unpaired) electrons. The molecule has 0 bridgehead atoms. The number of rotatable bonds is 5. The van der Waals surface area contributed by atoms with Crippen molar-refractivity contribution in [1.82, 2.24) is 0 Å². The van der Waals surface area contributed by atoms with Gasteiger partial charge in [0.05, 0.1) is 17.7 Å². The molecule has 0 saturated heterocycles. The third-order valence-electron chi connectivity index (χ3n) is 2.85. The molecule has 0 aliphatic carbocycles. The number of phenols is 1. The lowest BCUT2D eigenvalue weighted by Gasteiger charge is -2.03. The molecule has 6 heteroatoms. The number of carboxylic acid groups (broad SMARTS) is 1. The van der Waals surface area contributed by atoms with Crippen LogP contribution in [0.15, 0.2) is 54.6 Å². The second-order valence-corrected chi connectivity index (χ2v) is 4.71. The number of esters is 1. The quantitative estimate of drug-likeness (QED) is 0.623. The first-order chi connectivity index (χ1) is 11.0. The van der Waals surface area contributed by atoms with Gasteiger partial charge in [0.15, 0.2) is 0 Å². The summed E-state index contributed by atoms with van der Waals surface area (Å²) in [6.45, 7) is 2.49. The van der Waals surface area contributed by atoms with E-state index < -0.39 is 5.97 Å². The summed E-state index contributed by atoms with van der Waals surface area (Å²) in [6, 6.07) is 14.3. The summed E-state index contributed by atoms with van der Waals surface area (Å²) in [5.74, 6) is -1.07. The molecule has 0 saturated carbocycles. The molecule has 2 aromatic rings. The Morgan fingerprint density at radius 2 is 1.54 bits per heavy atom. The molecule has 0 heterocycles. The molecule has 0 aliphatic rings. The number of ether oxygens (including phenoxy) is 1. The smallest absolute Gasteiger partial charge is 0.338 e. The number of halogens is 1. The topological polar surface area (TPSA) is 83.8 Å². The monoisotopic (exact) mass is 352 g/mol. The normalized spacial score (nSPS) is 9.04. The number of unbranched alkanes of at least 4 members (excludes halogenated alkanes) is 1. The molecule has 0 aromatic heterocycles. The third-order valence-corrected chi connectivity index (χ3v) is 2.85. The molecule has 0 spiro atoms. The van der Waals surface area contributed by atoms with Crippen LogP contribution in [0, 0.1) is 0 Å². The van der Waals surface area contributed by atoms with E-state index in [0.29, 0.717) is 17.7 Å². The van der Waals surface area contributed by atoms with Crippen molar-refractivity contribution in [1.29, 1.82) is 0 Å². The van der Waals surface area contributed by atoms with Crippen molar-refractivity contribution >= 4 is 24.3 Å². The van der Waals surface area contributed by atoms with Gasteiger partial charge in [-0.15, -0.1) is 12.4 Å². The molecular formula is C18H21ClO5. The van der Waals surface area contributed by atoms with Crippen molar-refractivity contribution in [2.45, 2.75) is 19.8 Å². The number of aromatic hydroxyl groups is 1. The van der Waals surface area contributed by atoms with Gasteiger partial charge in [-0.1, -0.05) is 31.5 Å². The average Bonchev–Trinajstić information content (AvgIpc) is 2.57. The number of carboxylic acids is 1. The Kier molecular flexibility index (Phi) is 10.7. The van der Waals surface area contributed by atoms with E-state index >= 15 is 0 Å². The van der Waals surface area contributed by atoms with E-state index in [0.717, 1.165) is 12.8 Å². The number of phenolic OH excluding ortho intramolecular Hbond substituents is 1. The summed E-state index contributed by atoms with van der Waals surface area (Å²) >= 11 is 0. The van der Waals surface area contributed by atoms with Crippen molar-refractivity contribution in [2.24, 2.45) is 0 Å².